The lowest BCUT2D eigenvalue weighted by atomic mass is 10.1. The standard InChI is InChI=1S/C9H16N2O5/c1-2-3-10-9(16)11-5-6(8(14)15)4-7(12)13/h6H,2-5H2,1H3,(H,12,13)(H,14,15)(H2,10,11,16). The first-order valence-electron chi connectivity index (χ1n) is 4.93. The summed E-state index contributed by atoms with van der Waals surface area (Å²) < 4.78 is 0. The fourth-order valence-corrected chi connectivity index (χ4v) is 0.975. The lowest BCUT2D eigenvalue weighted by molar-refractivity contribution is -0.148. The minimum Gasteiger partial charge on any atom is -0.481 e. The maximum atomic E-state index is 11.1. The fraction of sp³-hybridized carbons (Fsp3) is 0.667. The first kappa shape index (κ1) is 14.2. The molecule has 0 aliphatic heterocycles. The van der Waals surface area contributed by atoms with E-state index in [1.165, 1.54) is 0 Å². The van der Waals surface area contributed by atoms with Gasteiger partial charge in [-0.3, -0.25) is 9.59 Å². The Kier molecular flexibility index (Phi) is 6.66. The maximum absolute atomic E-state index is 11.1. The van der Waals surface area contributed by atoms with Crippen LogP contribution in [0, 0.1) is 5.92 Å². The highest BCUT2D eigenvalue weighted by molar-refractivity contribution is 5.79. The quantitative estimate of drug-likeness (QED) is 0.488. The van der Waals surface area contributed by atoms with Gasteiger partial charge in [0.1, 0.15) is 0 Å². The molecule has 7 heteroatoms. The van der Waals surface area contributed by atoms with Crippen LogP contribution in [0.15, 0.2) is 0 Å². The van der Waals surface area contributed by atoms with Gasteiger partial charge in [-0.2, -0.15) is 0 Å². The van der Waals surface area contributed by atoms with Gasteiger partial charge in [-0.15, -0.1) is 0 Å². The first-order valence-corrected chi connectivity index (χ1v) is 4.93. The average Bonchev–Trinajstić information content (AvgIpc) is 2.20. The Morgan fingerprint density at radius 1 is 1.19 bits per heavy atom. The number of carbonyl (C=O) groups is 3. The number of carbonyl (C=O) groups excluding carboxylic acids is 1. The van der Waals surface area contributed by atoms with Crippen molar-refractivity contribution in [2.45, 2.75) is 19.8 Å². The zero-order chi connectivity index (χ0) is 12.6. The summed E-state index contributed by atoms with van der Waals surface area (Å²) in [4.78, 5) is 32.0. The van der Waals surface area contributed by atoms with Gasteiger partial charge < -0.3 is 20.8 Å². The van der Waals surface area contributed by atoms with Crippen molar-refractivity contribution in [3.8, 4) is 0 Å². The third kappa shape index (κ3) is 6.63. The molecule has 0 fully saturated rings. The van der Waals surface area contributed by atoms with E-state index in [0.717, 1.165) is 6.42 Å². The molecule has 0 saturated heterocycles. The fourth-order valence-electron chi connectivity index (χ4n) is 0.975. The smallest absolute Gasteiger partial charge is 0.314 e. The molecular formula is C9H16N2O5. The Hall–Kier alpha value is -1.79. The van der Waals surface area contributed by atoms with Gasteiger partial charge in [-0.05, 0) is 6.42 Å². The topological polar surface area (TPSA) is 116 Å². The van der Waals surface area contributed by atoms with Crippen LogP contribution < -0.4 is 10.6 Å². The minimum atomic E-state index is -1.24. The molecule has 0 aliphatic rings. The number of amides is 2. The summed E-state index contributed by atoms with van der Waals surface area (Å²) in [6.07, 6.45) is 0.258. The molecule has 0 radical (unpaired) electrons. The van der Waals surface area contributed by atoms with Crippen molar-refractivity contribution >= 4 is 18.0 Å². The summed E-state index contributed by atoms with van der Waals surface area (Å²) >= 11 is 0. The van der Waals surface area contributed by atoms with Crippen molar-refractivity contribution in [1.82, 2.24) is 10.6 Å². The Labute approximate surface area is 92.8 Å². The van der Waals surface area contributed by atoms with Crippen LogP contribution in [0.3, 0.4) is 0 Å². The minimum absolute atomic E-state index is 0.197. The second kappa shape index (κ2) is 7.49. The van der Waals surface area contributed by atoms with Gasteiger partial charge in [0.2, 0.25) is 0 Å². The number of carboxylic acid groups (broad SMARTS) is 2. The van der Waals surface area contributed by atoms with E-state index in [0.29, 0.717) is 6.54 Å². The number of aliphatic carboxylic acids is 2. The molecule has 7 nitrogen and oxygen atoms in total. The van der Waals surface area contributed by atoms with E-state index in [4.69, 9.17) is 10.2 Å². The van der Waals surface area contributed by atoms with Gasteiger partial charge in [0, 0.05) is 13.1 Å². The molecule has 0 aromatic heterocycles. The van der Waals surface area contributed by atoms with Gasteiger partial charge in [0.25, 0.3) is 0 Å². The van der Waals surface area contributed by atoms with E-state index >= 15 is 0 Å². The van der Waals surface area contributed by atoms with E-state index in [-0.39, 0.29) is 6.54 Å². The van der Waals surface area contributed by atoms with Crippen molar-refractivity contribution < 1.29 is 24.6 Å². The molecule has 0 spiro atoms. The number of hydrogen-bond acceptors (Lipinski definition) is 3. The van der Waals surface area contributed by atoms with E-state index in [9.17, 15) is 14.4 Å². The van der Waals surface area contributed by atoms with Crippen molar-refractivity contribution in [2.75, 3.05) is 13.1 Å². The molecular weight excluding hydrogens is 216 g/mol. The summed E-state index contributed by atoms with van der Waals surface area (Å²) in [6, 6.07) is -0.488. The van der Waals surface area contributed by atoms with Gasteiger partial charge in [-0.1, -0.05) is 6.92 Å². The van der Waals surface area contributed by atoms with Crippen LogP contribution in [0.2, 0.25) is 0 Å². The van der Waals surface area contributed by atoms with Gasteiger partial charge in [0.15, 0.2) is 0 Å². The van der Waals surface area contributed by atoms with Crippen LogP contribution in [-0.2, 0) is 9.59 Å². The van der Waals surface area contributed by atoms with E-state index in [2.05, 4.69) is 10.6 Å². The van der Waals surface area contributed by atoms with Crippen LogP contribution in [0.5, 0.6) is 0 Å². The van der Waals surface area contributed by atoms with Crippen LogP contribution in [0.1, 0.15) is 19.8 Å². The zero-order valence-corrected chi connectivity index (χ0v) is 9.02. The molecule has 1 atom stereocenters. The Bertz CT molecular complexity index is 267. The summed E-state index contributed by atoms with van der Waals surface area (Å²) in [7, 11) is 0. The molecule has 0 bridgehead atoms. The Balaban J connectivity index is 3.97. The summed E-state index contributed by atoms with van der Waals surface area (Å²) in [5.41, 5.74) is 0. The normalized spacial score (nSPS) is 11.6. The van der Waals surface area contributed by atoms with E-state index in [1.807, 2.05) is 6.92 Å². The molecule has 0 aliphatic carbocycles. The molecule has 0 aromatic carbocycles. The molecule has 2 amide bonds. The number of nitrogens with one attached hydrogen (secondary N) is 2. The largest absolute Gasteiger partial charge is 0.481 e. The predicted octanol–water partition coefficient (Wildman–Crippen LogP) is -0.129. The number of urea groups is 1. The number of carboxylic acids is 2. The van der Waals surface area contributed by atoms with E-state index in [1.54, 1.807) is 0 Å². The summed E-state index contributed by atoms with van der Waals surface area (Å²) in [6.45, 7) is 2.17. The molecule has 0 heterocycles. The molecule has 4 N–H and O–H groups in total. The number of rotatable bonds is 7. The molecule has 0 rings (SSSR count). The monoisotopic (exact) mass is 232 g/mol. The van der Waals surface area contributed by atoms with Gasteiger partial charge in [0.05, 0.1) is 12.3 Å². The van der Waals surface area contributed by atoms with Crippen LogP contribution in [0.4, 0.5) is 4.79 Å². The SMILES string of the molecule is CCCNC(=O)NCC(CC(=O)O)C(=O)O. The third-order valence-corrected chi connectivity index (χ3v) is 1.81. The number of hydrogen-bond donors (Lipinski definition) is 4. The van der Waals surface area contributed by atoms with Gasteiger partial charge >= 0.3 is 18.0 Å². The van der Waals surface area contributed by atoms with Crippen LogP contribution in [-0.4, -0.2) is 41.3 Å². The third-order valence-electron chi connectivity index (χ3n) is 1.81. The molecule has 92 valence electrons. The molecule has 0 aromatic rings. The van der Waals surface area contributed by atoms with Crippen molar-refractivity contribution in [1.29, 1.82) is 0 Å². The lowest BCUT2D eigenvalue weighted by Crippen LogP contribution is -2.40. The van der Waals surface area contributed by atoms with Crippen LogP contribution in [0.25, 0.3) is 0 Å². The summed E-state index contributed by atoms with van der Waals surface area (Å²) in [5, 5.41) is 21.9. The Morgan fingerprint density at radius 3 is 2.25 bits per heavy atom. The second-order valence-electron chi connectivity index (χ2n) is 3.27. The van der Waals surface area contributed by atoms with Crippen molar-refractivity contribution in [2.24, 2.45) is 5.92 Å². The highest BCUT2D eigenvalue weighted by atomic mass is 16.4. The second-order valence-corrected chi connectivity index (χ2v) is 3.27. The predicted molar refractivity (Wildman–Crippen MR) is 55.1 cm³/mol. The van der Waals surface area contributed by atoms with Crippen LogP contribution >= 0.6 is 0 Å². The van der Waals surface area contributed by atoms with Crippen molar-refractivity contribution in [3.63, 3.8) is 0 Å². The first-order chi connectivity index (χ1) is 7.47. The highest BCUT2D eigenvalue weighted by Gasteiger charge is 2.21. The zero-order valence-electron chi connectivity index (χ0n) is 9.02. The molecule has 0 saturated carbocycles. The van der Waals surface area contributed by atoms with Crippen molar-refractivity contribution in [3.05, 3.63) is 0 Å². The lowest BCUT2D eigenvalue weighted by Gasteiger charge is -2.11. The Morgan fingerprint density at radius 2 is 1.81 bits per heavy atom. The highest BCUT2D eigenvalue weighted by Crippen LogP contribution is 2.01. The maximum Gasteiger partial charge on any atom is 0.314 e. The molecule has 1 unspecified atom stereocenters. The summed E-state index contributed by atoms with van der Waals surface area (Å²) in [5.74, 6) is -3.55. The van der Waals surface area contributed by atoms with Gasteiger partial charge in [-0.25, -0.2) is 4.79 Å². The van der Waals surface area contributed by atoms with E-state index < -0.39 is 30.3 Å². The molecule has 16 heavy (non-hydrogen) atoms. The average molecular weight is 232 g/mol.